The molecule has 0 saturated carbocycles. The number of ether oxygens (including phenoxy) is 1. The Morgan fingerprint density at radius 1 is 1.12 bits per heavy atom. The number of hydrogen-bond donors (Lipinski definition) is 1. The van der Waals surface area contributed by atoms with Crippen molar-refractivity contribution in [2.24, 2.45) is 5.92 Å². The van der Waals surface area contributed by atoms with Crippen molar-refractivity contribution >= 4 is 11.9 Å². The molecular formula is C12H22O4. The van der Waals surface area contributed by atoms with Crippen molar-refractivity contribution in [3.05, 3.63) is 0 Å². The van der Waals surface area contributed by atoms with Crippen LogP contribution in [-0.4, -0.2) is 23.7 Å². The van der Waals surface area contributed by atoms with Crippen LogP contribution in [0.3, 0.4) is 0 Å². The van der Waals surface area contributed by atoms with E-state index < -0.39 is 18.4 Å². The highest BCUT2D eigenvalue weighted by molar-refractivity contribution is 5.90. The first-order valence-corrected chi connectivity index (χ1v) is 5.89. The molecule has 0 saturated heterocycles. The first-order chi connectivity index (χ1) is 7.52. The second kappa shape index (κ2) is 9.19. The van der Waals surface area contributed by atoms with Crippen LogP contribution >= 0.6 is 0 Å². The molecule has 94 valence electrons. The van der Waals surface area contributed by atoms with Gasteiger partial charge in [-0.15, -0.1) is 0 Å². The maximum absolute atomic E-state index is 10.8. The molecule has 0 aromatic rings. The number of hydrogen-bond acceptors (Lipinski definition) is 3. The molecule has 0 aromatic carbocycles. The van der Waals surface area contributed by atoms with Gasteiger partial charge in [0.05, 0.1) is 6.61 Å². The summed E-state index contributed by atoms with van der Waals surface area (Å²) < 4.78 is 4.76. The number of esters is 1. The number of carbonyl (C=O) groups excluding carboxylic acids is 1. The van der Waals surface area contributed by atoms with Crippen molar-refractivity contribution in [3.8, 4) is 0 Å². The fourth-order valence-electron chi connectivity index (χ4n) is 1.37. The third-order valence-electron chi connectivity index (χ3n) is 2.23. The summed E-state index contributed by atoms with van der Waals surface area (Å²) in [5.74, 6) is -1.04. The summed E-state index contributed by atoms with van der Waals surface area (Å²) in [5.41, 5.74) is 0. The lowest BCUT2D eigenvalue weighted by Gasteiger charge is -2.05. The monoisotopic (exact) mass is 230 g/mol. The summed E-state index contributed by atoms with van der Waals surface area (Å²) in [5, 5.41) is 8.31. The molecule has 0 aliphatic rings. The number of carbonyl (C=O) groups is 2. The number of aliphatic carboxylic acids is 1. The Morgan fingerprint density at radius 3 is 2.31 bits per heavy atom. The summed E-state index contributed by atoms with van der Waals surface area (Å²) in [7, 11) is 0. The van der Waals surface area contributed by atoms with Crippen molar-refractivity contribution in [1.82, 2.24) is 0 Å². The smallest absolute Gasteiger partial charge is 0.317 e. The quantitative estimate of drug-likeness (QED) is 0.375. The zero-order valence-corrected chi connectivity index (χ0v) is 10.2. The van der Waals surface area contributed by atoms with Crippen LogP contribution in [0.4, 0.5) is 0 Å². The Bertz CT molecular complexity index is 211. The maximum Gasteiger partial charge on any atom is 0.317 e. The first-order valence-electron chi connectivity index (χ1n) is 5.89. The molecule has 4 heteroatoms. The molecule has 0 bridgehead atoms. The van der Waals surface area contributed by atoms with E-state index in [0.29, 0.717) is 6.61 Å². The van der Waals surface area contributed by atoms with Crippen LogP contribution in [0.25, 0.3) is 0 Å². The van der Waals surface area contributed by atoms with Gasteiger partial charge in [-0.3, -0.25) is 9.59 Å². The second-order valence-corrected chi connectivity index (χ2v) is 4.39. The Hall–Kier alpha value is -1.06. The Balaban J connectivity index is 3.21. The lowest BCUT2D eigenvalue weighted by molar-refractivity contribution is -0.151. The van der Waals surface area contributed by atoms with Crippen LogP contribution in [0.2, 0.25) is 0 Å². The third kappa shape index (κ3) is 11.0. The summed E-state index contributed by atoms with van der Waals surface area (Å²) in [6.45, 7) is 4.75. The standard InChI is InChI=1S/C12H22O4/c1-10(2)7-5-3-4-6-8-16-12(15)9-11(13)14/h10H,3-9H2,1-2H3,(H,13,14). The van der Waals surface area contributed by atoms with E-state index in [1.54, 1.807) is 0 Å². The predicted molar refractivity (Wildman–Crippen MR) is 61.1 cm³/mol. The van der Waals surface area contributed by atoms with Gasteiger partial charge in [0, 0.05) is 0 Å². The van der Waals surface area contributed by atoms with Gasteiger partial charge in [-0.1, -0.05) is 39.5 Å². The second-order valence-electron chi connectivity index (χ2n) is 4.39. The van der Waals surface area contributed by atoms with Crippen LogP contribution in [-0.2, 0) is 14.3 Å². The van der Waals surface area contributed by atoms with Crippen LogP contribution in [0.5, 0.6) is 0 Å². The van der Waals surface area contributed by atoms with Gasteiger partial charge in [0.25, 0.3) is 0 Å². The highest BCUT2D eigenvalue weighted by Gasteiger charge is 2.07. The van der Waals surface area contributed by atoms with Crippen LogP contribution < -0.4 is 0 Å². The highest BCUT2D eigenvalue weighted by Crippen LogP contribution is 2.09. The summed E-state index contributed by atoms with van der Waals surface area (Å²) >= 11 is 0. The SMILES string of the molecule is CC(C)CCCCCCOC(=O)CC(=O)O. The van der Waals surface area contributed by atoms with Gasteiger partial charge in [-0.05, 0) is 12.3 Å². The van der Waals surface area contributed by atoms with Gasteiger partial charge < -0.3 is 9.84 Å². The number of unbranched alkanes of at least 4 members (excludes halogenated alkanes) is 3. The third-order valence-corrected chi connectivity index (χ3v) is 2.23. The van der Waals surface area contributed by atoms with Crippen LogP contribution in [0.1, 0.15) is 52.4 Å². The fraction of sp³-hybridized carbons (Fsp3) is 0.833. The van der Waals surface area contributed by atoms with Crippen molar-refractivity contribution < 1.29 is 19.4 Å². The normalized spacial score (nSPS) is 10.4. The molecule has 1 N–H and O–H groups in total. The van der Waals surface area contributed by atoms with Gasteiger partial charge in [0.1, 0.15) is 6.42 Å². The van der Waals surface area contributed by atoms with Crippen LogP contribution in [0, 0.1) is 5.92 Å². The molecule has 4 nitrogen and oxygen atoms in total. The molecule has 0 amide bonds. The fourth-order valence-corrected chi connectivity index (χ4v) is 1.37. The van der Waals surface area contributed by atoms with Crippen molar-refractivity contribution in [1.29, 1.82) is 0 Å². The number of carboxylic acid groups (broad SMARTS) is 1. The molecule has 0 aliphatic heterocycles. The van der Waals surface area contributed by atoms with E-state index in [1.807, 2.05) is 0 Å². The van der Waals surface area contributed by atoms with Crippen molar-refractivity contribution in [3.63, 3.8) is 0 Å². The molecule has 16 heavy (non-hydrogen) atoms. The lowest BCUT2D eigenvalue weighted by Crippen LogP contribution is -2.11. The van der Waals surface area contributed by atoms with Gasteiger partial charge >= 0.3 is 11.9 Å². The number of carboxylic acids is 1. The molecule has 0 aliphatic carbocycles. The van der Waals surface area contributed by atoms with Crippen molar-refractivity contribution in [2.75, 3.05) is 6.61 Å². The van der Waals surface area contributed by atoms with Gasteiger partial charge in [-0.2, -0.15) is 0 Å². The van der Waals surface area contributed by atoms with E-state index in [2.05, 4.69) is 13.8 Å². The Kier molecular flexibility index (Phi) is 8.58. The van der Waals surface area contributed by atoms with E-state index >= 15 is 0 Å². The Labute approximate surface area is 97.0 Å². The number of rotatable bonds is 9. The van der Waals surface area contributed by atoms with Crippen molar-refractivity contribution in [2.45, 2.75) is 52.4 Å². The average molecular weight is 230 g/mol. The molecule has 0 rings (SSSR count). The zero-order valence-electron chi connectivity index (χ0n) is 10.2. The van der Waals surface area contributed by atoms with E-state index in [4.69, 9.17) is 9.84 Å². The molecule has 0 atom stereocenters. The van der Waals surface area contributed by atoms with E-state index in [-0.39, 0.29) is 0 Å². The molecule has 0 radical (unpaired) electrons. The van der Waals surface area contributed by atoms with Gasteiger partial charge in [0.2, 0.25) is 0 Å². The van der Waals surface area contributed by atoms with E-state index in [9.17, 15) is 9.59 Å². The largest absolute Gasteiger partial charge is 0.481 e. The summed E-state index contributed by atoms with van der Waals surface area (Å²) in [6.07, 6.45) is 4.91. The van der Waals surface area contributed by atoms with E-state index in [1.165, 1.54) is 12.8 Å². The molecule has 0 spiro atoms. The lowest BCUT2D eigenvalue weighted by atomic mass is 10.0. The average Bonchev–Trinajstić information content (AvgIpc) is 2.14. The summed E-state index contributed by atoms with van der Waals surface area (Å²) in [6, 6.07) is 0. The zero-order chi connectivity index (χ0) is 12.4. The van der Waals surface area contributed by atoms with Crippen LogP contribution in [0.15, 0.2) is 0 Å². The van der Waals surface area contributed by atoms with Gasteiger partial charge in [0.15, 0.2) is 0 Å². The highest BCUT2D eigenvalue weighted by atomic mass is 16.5. The maximum atomic E-state index is 10.8. The topological polar surface area (TPSA) is 63.6 Å². The van der Waals surface area contributed by atoms with E-state index in [0.717, 1.165) is 25.2 Å². The summed E-state index contributed by atoms with van der Waals surface area (Å²) in [4.78, 5) is 21.0. The molecule has 0 fully saturated rings. The minimum Gasteiger partial charge on any atom is -0.481 e. The predicted octanol–water partition coefficient (Wildman–Crippen LogP) is 2.61. The molecular weight excluding hydrogens is 208 g/mol. The molecule has 0 aromatic heterocycles. The molecule has 0 heterocycles. The minimum atomic E-state index is -1.14. The van der Waals surface area contributed by atoms with Gasteiger partial charge in [-0.25, -0.2) is 0 Å². The molecule has 0 unspecified atom stereocenters. The first kappa shape index (κ1) is 14.9. The Morgan fingerprint density at radius 2 is 1.75 bits per heavy atom. The minimum absolute atomic E-state index is 0.341.